The van der Waals surface area contributed by atoms with Crippen molar-refractivity contribution < 1.29 is 24.0 Å². The predicted octanol–water partition coefficient (Wildman–Crippen LogP) is 2.05. The van der Waals surface area contributed by atoms with Gasteiger partial charge in [0.25, 0.3) is 0 Å². The number of hydrogen-bond donors (Lipinski definition) is 2. The van der Waals surface area contributed by atoms with E-state index in [1.54, 1.807) is 38.3 Å². The van der Waals surface area contributed by atoms with Crippen LogP contribution < -0.4 is 10.1 Å². The molecule has 25 heavy (non-hydrogen) atoms. The van der Waals surface area contributed by atoms with Crippen molar-refractivity contribution in [1.29, 1.82) is 0 Å². The lowest BCUT2D eigenvalue weighted by Crippen LogP contribution is -2.51. The number of carboxylic acids is 1. The molecule has 1 unspecified atom stereocenters. The standard InChI is InChI=1S/C17H21N3O5/c1-4-17(2,16(22)23)19-13(21)9-10-14-18-15(20-25-14)11-5-7-12(24-3)8-6-11/h5-8H,4,9-10H2,1-3H3,(H,19,21)(H,22,23). The monoisotopic (exact) mass is 347 g/mol. The van der Waals surface area contributed by atoms with E-state index in [2.05, 4.69) is 15.5 Å². The van der Waals surface area contributed by atoms with Gasteiger partial charge in [0.2, 0.25) is 17.6 Å². The largest absolute Gasteiger partial charge is 0.497 e. The maximum Gasteiger partial charge on any atom is 0.329 e. The number of aromatic nitrogens is 2. The smallest absolute Gasteiger partial charge is 0.329 e. The van der Waals surface area contributed by atoms with Crippen molar-refractivity contribution in [1.82, 2.24) is 15.5 Å². The van der Waals surface area contributed by atoms with Gasteiger partial charge in [-0.1, -0.05) is 12.1 Å². The molecule has 2 aromatic rings. The number of carbonyl (C=O) groups is 2. The number of methoxy groups -OCH3 is 1. The number of carboxylic acid groups (broad SMARTS) is 1. The second-order valence-corrected chi connectivity index (χ2v) is 5.78. The van der Waals surface area contributed by atoms with Crippen LogP contribution in [0, 0.1) is 0 Å². The fourth-order valence-electron chi connectivity index (χ4n) is 2.10. The molecule has 0 aliphatic rings. The molecule has 1 atom stereocenters. The SMILES string of the molecule is CCC(C)(NC(=O)CCc1nc(-c2ccc(OC)cc2)no1)C(=O)O. The van der Waals surface area contributed by atoms with E-state index in [0.29, 0.717) is 11.7 Å². The minimum atomic E-state index is -1.28. The number of aryl methyl sites for hydroxylation is 1. The molecular weight excluding hydrogens is 326 g/mol. The van der Waals surface area contributed by atoms with Crippen molar-refractivity contribution in [2.75, 3.05) is 7.11 Å². The van der Waals surface area contributed by atoms with Crippen molar-refractivity contribution in [3.63, 3.8) is 0 Å². The molecular formula is C17H21N3O5. The van der Waals surface area contributed by atoms with Crippen molar-refractivity contribution in [2.45, 2.75) is 38.6 Å². The fourth-order valence-corrected chi connectivity index (χ4v) is 2.10. The van der Waals surface area contributed by atoms with Crippen LogP contribution >= 0.6 is 0 Å². The average Bonchev–Trinajstić information content (AvgIpc) is 3.08. The van der Waals surface area contributed by atoms with Gasteiger partial charge < -0.3 is 19.7 Å². The zero-order valence-electron chi connectivity index (χ0n) is 14.4. The molecule has 0 saturated carbocycles. The number of rotatable bonds is 8. The first kappa shape index (κ1) is 18.4. The summed E-state index contributed by atoms with van der Waals surface area (Å²) in [5, 5.41) is 15.6. The summed E-state index contributed by atoms with van der Waals surface area (Å²) in [6, 6.07) is 7.19. The molecule has 1 heterocycles. The van der Waals surface area contributed by atoms with E-state index < -0.39 is 11.5 Å². The zero-order chi connectivity index (χ0) is 18.4. The molecule has 0 radical (unpaired) electrons. The maximum atomic E-state index is 12.0. The third-order valence-corrected chi connectivity index (χ3v) is 3.98. The highest BCUT2D eigenvalue weighted by Gasteiger charge is 2.32. The van der Waals surface area contributed by atoms with Gasteiger partial charge in [-0.2, -0.15) is 4.98 Å². The predicted molar refractivity (Wildman–Crippen MR) is 89.1 cm³/mol. The normalized spacial score (nSPS) is 13.1. The first-order chi connectivity index (χ1) is 11.9. The Morgan fingerprint density at radius 2 is 2.00 bits per heavy atom. The van der Waals surface area contributed by atoms with Crippen molar-refractivity contribution in [3.05, 3.63) is 30.2 Å². The Bertz CT molecular complexity index is 741. The first-order valence-corrected chi connectivity index (χ1v) is 7.89. The number of aliphatic carboxylic acids is 1. The van der Waals surface area contributed by atoms with Crippen LogP contribution in [0.5, 0.6) is 5.75 Å². The molecule has 1 amide bonds. The lowest BCUT2D eigenvalue weighted by molar-refractivity contribution is -0.147. The van der Waals surface area contributed by atoms with Gasteiger partial charge in [-0.3, -0.25) is 4.79 Å². The van der Waals surface area contributed by atoms with E-state index in [1.165, 1.54) is 6.92 Å². The number of amides is 1. The van der Waals surface area contributed by atoms with Crippen LogP contribution in [0.2, 0.25) is 0 Å². The topological polar surface area (TPSA) is 115 Å². The van der Waals surface area contributed by atoms with Crippen LogP contribution in [0.4, 0.5) is 0 Å². The molecule has 0 bridgehead atoms. The lowest BCUT2D eigenvalue weighted by atomic mass is 9.99. The molecule has 0 fully saturated rings. The van der Waals surface area contributed by atoms with E-state index in [9.17, 15) is 9.59 Å². The maximum absolute atomic E-state index is 12.0. The van der Waals surface area contributed by atoms with Crippen molar-refractivity contribution in [2.24, 2.45) is 0 Å². The zero-order valence-corrected chi connectivity index (χ0v) is 14.4. The van der Waals surface area contributed by atoms with Crippen LogP contribution in [0.15, 0.2) is 28.8 Å². The lowest BCUT2D eigenvalue weighted by Gasteiger charge is -2.24. The highest BCUT2D eigenvalue weighted by molar-refractivity contribution is 5.86. The first-order valence-electron chi connectivity index (χ1n) is 7.89. The summed E-state index contributed by atoms with van der Waals surface area (Å²) in [5.74, 6) is 0.0110. The average molecular weight is 347 g/mol. The third kappa shape index (κ3) is 4.56. The summed E-state index contributed by atoms with van der Waals surface area (Å²) in [4.78, 5) is 27.4. The summed E-state index contributed by atoms with van der Waals surface area (Å²) >= 11 is 0. The van der Waals surface area contributed by atoms with Crippen LogP contribution in [-0.2, 0) is 16.0 Å². The Morgan fingerprint density at radius 1 is 1.32 bits per heavy atom. The number of benzene rings is 1. The summed E-state index contributed by atoms with van der Waals surface area (Å²) in [6.45, 7) is 3.18. The molecule has 1 aromatic heterocycles. The molecule has 0 spiro atoms. The van der Waals surface area contributed by atoms with Gasteiger partial charge in [0.15, 0.2) is 0 Å². The van der Waals surface area contributed by atoms with E-state index in [0.717, 1.165) is 11.3 Å². The van der Waals surface area contributed by atoms with Crippen LogP contribution in [0.25, 0.3) is 11.4 Å². The van der Waals surface area contributed by atoms with Crippen LogP contribution in [0.1, 0.15) is 32.6 Å². The fraction of sp³-hybridized carbons (Fsp3) is 0.412. The van der Waals surface area contributed by atoms with Crippen LogP contribution in [-0.4, -0.2) is 39.8 Å². The molecule has 0 saturated heterocycles. The molecule has 2 N–H and O–H groups in total. The summed E-state index contributed by atoms with van der Waals surface area (Å²) in [7, 11) is 1.58. The highest BCUT2D eigenvalue weighted by Crippen LogP contribution is 2.20. The van der Waals surface area contributed by atoms with E-state index in [1.807, 2.05) is 0 Å². The summed E-state index contributed by atoms with van der Waals surface area (Å²) in [6.07, 6.45) is 0.581. The summed E-state index contributed by atoms with van der Waals surface area (Å²) in [5.41, 5.74) is -0.509. The van der Waals surface area contributed by atoms with E-state index >= 15 is 0 Å². The van der Waals surface area contributed by atoms with Gasteiger partial charge in [-0.25, -0.2) is 4.79 Å². The Labute approximate surface area is 145 Å². The van der Waals surface area contributed by atoms with Gasteiger partial charge in [-0.05, 0) is 37.6 Å². The van der Waals surface area contributed by atoms with Gasteiger partial charge >= 0.3 is 5.97 Å². The quantitative estimate of drug-likeness (QED) is 0.751. The second-order valence-electron chi connectivity index (χ2n) is 5.78. The van der Waals surface area contributed by atoms with Gasteiger partial charge in [0.05, 0.1) is 7.11 Å². The number of ether oxygens (including phenoxy) is 1. The Balaban J connectivity index is 1.94. The minimum Gasteiger partial charge on any atom is -0.497 e. The second kappa shape index (κ2) is 7.78. The molecule has 8 heteroatoms. The summed E-state index contributed by atoms with van der Waals surface area (Å²) < 4.78 is 10.2. The number of carbonyl (C=O) groups excluding carboxylic acids is 1. The molecule has 2 rings (SSSR count). The molecule has 8 nitrogen and oxygen atoms in total. The molecule has 134 valence electrons. The number of nitrogens with zero attached hydrogens (tertiary/aromatic N) is 2. The minimum absolute atomic E-state index is 0.0626. The highest BCUT2D eigenvalue weighted by atomic mass is 16.5. The molecule has 0 aliphatic heterocycles. The Hall–Kier alpha value is -2.90. The number of nitrogens with one attached hydrogen (secondary N) is 1. The Kier molecular flexibility index (Phi) is 5.74. The van der Waals surface area contributed by atoms with Gasteiger partial charge in [0.1, 0.15) is 11.3 Å². The van der Waals surface area contributed by atoms with E-state index in [4.69, 9.17) is 14.4 Å². The van der Waals surface area contributed by atoms with E-state index in [-0.39, 0.29) is 25.2 Å². The molecule has 0 aliphatic carbocycles. The van der Waals surface area contributed by atoms with Crippen LogP contribution in [0.3, 0.4) is 0 Å². The molecule has 1 aromatic carbocycles. The van der Waals surface area contributed by atoms with Gasteiger partial charge in [0, 0.05) is 18.4 Å². The Morgan fingerprint density at radius 3 is 2.56 bits per heavy atom. The van der Waals surface area contributed by atoms with Gasteiger partial charge in [-0.15, -0.1) is 0 Å². The van der Waals surface area contributed by atoms with Crippen molar-refractivity contribution >= 4 is 11.9 Å². The number of hydrogen-bond acceptors (Lipinski definition) is 6. The van der Waals surface area contributed by atoms with Crippen molar-refractivity contribution in [3.8, 4) is 17.1 Å². The third-order valence-electron chi connectivity index (χ3n) is 3.98.